The first-order valence-electron chi connectivity index (χ1n) is 9.17. The molecule has 3 aromatic heterocycles. The van der Waals surface area contributed by atoms with E-state index in [-0.39, 0.29) is 0 Å². The van der Waals surface area contributed by atoms with Gasteiger partial charge in [-0.3, -0.25) is 4.99 Å². The van der Waals surface area contributed by atoms with E-state index in [1.165, 1.54) is 4.88 Å². The van der Waals surface area contributed by atoms with E-state index in [1.807, 2.05) is 19.2 Å². The summed E-state index contributed by atoms with van der Waals surface area (Å²) in [7, 11) is 2.02. The first-order valence-corrected chi connectivity index (χ1v) is 10.0. The fourth-order valence-corrected chi connectivity index (χ4v) is 3.48. The monoisotopic (exact) mass is 386 g/mol. The summed E-state index contributed by atoms with van der Waals surface area (Å²) in [5.41, 5.74) is 0. The molecular weight excluding hydrogens is 360 g/mol. The van der Waals surface area contributed by atoms with Crippen LogP contribution in [0.25, 0.3) is 0 Å². The highest BCUT2D eigenvalue weighted by atomic mass is 32.1. The lowest BCUT2D eigenvalue weighted by Gasteiger charge is -2.22. The van der Waals surface area contributed by atoms with Crippen molar-refractivity contribution in [1.82, 2.24) is 25.0 Å². The van der Waals surface area contributed by atoms with Crippen LogP contribution in [-0.4, -0.2) is 45.8 Å². The molecule has 8 heteroatoms. The maximum absolute atomic E-state index is 5.47. The van der Waals surface area contributed by atoms with Gasteiger partial charge in [0.05, 0.1) is 12.8 Å². The first kappa shape index (κ1) is 19.2. The average molecular weight is 387 g/mol. The standard InChI is InChI=1S/C19H26N6OS/c1-3-18-23-22-15-25(18)11-10-21-19(20-9-8-17-7-5-13-27-17)24(2)14-16-6-4-12-26-16/h4-7,12-13,15H,3,8-11,14H2,1-2H3,(H,20,21). The number of nitrogens with zero attached hydrogens (tertiary/aromatic N) is 5. The predicted octanol–water partition coefficient (Wildman–Crippen LogP) is 2.82. The zero-order valence-electron chi connectivity index (χ0n) is 15.8. The summed E-state index contributed by atoms with van der Waals surface area (Å²) in [5, 5.41) is 13.7. The summed E-state index contributed by atoms with van der Waals surface area (Å²) >= 11 is 1.77. The van der Waals surface area contributed by atoms with Crippen LogP contribution < -0.4 is 5.32 Å². The molecule has 0 aliphatic carbocycles. The van der Waals surface area contributed by atoms with E-state index in [4.69, 9.17) is 9.41 Å². The lowest BCUT2D eigenvalue weighted by Crippen LogP contribution is -2.40. The molecule has 0 aliphatic heterocycles. The van der Waals surface area contributed by atoms with E-state index in [9.17, 15) is 0 Å². The normalized spacial score (nSPS) is 11.7. The molecule has 0 fully saturated rings. The van der Waals surface area contributed by atoms with Crippen LogP contribution in [-0.2, 0) is 25.9 Å². The minimum Gasteiger partial charge on any atom is -0.467 e. The van der Waals surface area contributed by atoms with Gasteiger partial charge in [-0.2, -0.15) is 0 Å². The Kier molecular flexibility index (Phi) is 7.04. The van der Waals surface area contributed by atoms with Crippen LogP contribution in [0.1, 0.15) is 23.4 Å². The Morgan fingerprint density at radius 2 is 2.30 bits per heavy atom. The summed E-state index contributed by atoms with van der Waals surface area (Å²) in [4.78, 5) is 8.23. The molecule has 0 spiro atoms. The molecule has 0 aliphatic rings. The van der Waals surface area contributed by atoms with E-state index >= 15 is 0 Å². The van der Waals surface area contributed by atoms with Crippen LogP contribution in [0.3, 0.4) is 0 Å². The summed E-state index contributed by atoms with van der Waals surface area (Å²) < 4.78 is 7.54. The van der Waals surface area contributed by atoms with Crippen molar-refractivity contribution in [3.8, 4) is 0 Å². The lowest BCUT2D eigenvalue weighted by molar-refractivity contribution is 0.398. The lowest BCUT2D eigenvalue weighted by atomic mass is 10.3. The zero-order chi connectivity index (χ0) is 18.9. The Hall–Kier alpha value is -2.61. The first-order chi connectivity index (χ1) is 13.3. The Bertz CT molecular complexity index is 809. The number of furan rings is 1. The number of hydrogen-bond acceptors (Lipinski definition) is 5. The number of aliphatic imine (C=N–C) groups is 1. The number of aryl methyl sites for hydroxylation is 1. The molecule has 3 heterocycles. The number of rotatable bonds is 9. The topological polar surface area (TPSA) is 71.5 Å². The van der Waals surface area contributed by atoms with Gasteiger partial charge in [-0.25, -0.2) is 0 Å². The van der Waals surface area contributed by atoms with Crippen molar-refractivity contribution in [3.63, 3.8) is 0 Å². The SMILES string of the molecule is CCc1nncn1CCNC(=NCCc1cccs1)N(C)Cc1ccco1. The Labute approximate surface area is 163 Å². The molecule has 0 saturated carbocycles. The van der Waals surface area contributed by atoms with Gasteiger partial charge in [0.1, 0.15) is 17.9 Å². The largest absolute Gasteiger partial charge is 0.467 e. The van der Waals surface area contributed by atoms with Gasteiger partial charge in [-0.1, -0.05) is 13.0 Å². The van der Waals surface area contributed by atoms with Gasteiger partial charge in [0.2, 0.25) is 0 Å². The van der Waals surface area contributed by atoms with Gasteiger partial charge in [0.15, 0.2) is 5.96 Å². The summed E-state index contributed by atoms with van der Waals surface area (Å²) in [6.07, 6.45) is 5.30. The van der Waals surface area contributed by atoms with E-state index in [0.717, 1.165) is 50.0 Å². The molecule has 1 N–H and O–H groups in total. The molecule has 144 valence electrons. The predicted molar refractivity (Wildman–Crippen MR) is 108 cm³/mol. The molecule has 27 heavy (non-hydrogen) atoms. The van der Waals surface area contributed by atoms with E-state index in [1.54, 1.807) is 23.9 Å². The van der Waals surface area contributed by atoms with Gasteiger partial charge in [-0.15, -0.1) is 21.5 Å². The van der Waals surface area contributed by atoms with Crippen molar-refractivity contribution in [3.05, 3.63) is 58.7 Å². The van der Waals surface area contributed by atoms with Crippen LogP contribution in [0.2, 0.25) is 0 Å². The third-order valence-electron chi connectivity index (χ3n) is 4.18. The van der Waals surface area contributed by atoms with Gasteiger partial charge < -0.3 is 19.2 Å². The van der Waals surface area contributed by atoms with E-state index < -0.39 is 0 Å². The molecule has 0 saturated heterocycles. The van der Waals surface area contributed by atoms with Crippen molar-refractivity contribution in [1.29, 1.82) is 0 Å². The van der Waals surface area contributed by atoms with Crippen molar-refractivity contribution in [2.45, 2.75) is 32.9 Å². The highest BCUT2D eigenvalue weighted by molar-refractivity contribution is 7.09. The molecule has 0 unspecified atom stereocenters. The minimum atomic E-state index is 0.671. The number of thiophene rings is 1. The molecule has 7 nitrogen and oxygen atoms in total. The summed E-state index contributed by atoms with van der Waals surface area (Å²) in [6, 6.07) is 8.11. The molecule has 0 radical (unpaired) electrons. The highest BCUT2D eigenvalue weighted by Gasteiger charge is 2.09. The number of nitrogens with one attached hydrogen (secondary N) is 1. The van der Waals surface area contributed by atoms with Crippen molar-refractivity contribution < 1.29 is 4.42 Å². The summed E-state index contributed by atoms with van der Waals surface area (Å²) in [5.74, 6) is 2.78. The number of guanidine groups is 1. The summed E-state index contributed by atoms with van der Waals surface area (Å²) in [6.45, 7) is 5.06. The second-order valence-corrected chi connectivity index (χ2v) is 7.22. The average Bonchev–Trinajstić information content (AvgIpc) is 3.43. The van der Waals surface area contributed by atoms with Gasteiger partial charge >= 0.3 is 0 Å². The van der Waals surface area contributed by atoms with Gasteiger partial charge in [0, 0.05) is 44.4 Å². The molecule has 3 rings (SSSR count). The fourth-order valence-electron chi connectivity index (χ4n) is 2.78. The Morgan fingerprint density at radius 1 is 1.37 bits per heavy atom. The number of hydrogen-bond donors (Lipinski definition) is 1. The molecule has 0 amide bonds. The van der Waals surface area contributed by atoms with Crippen molar-refractivity contribution in [2.75, 3.05) is 20.1 Å². The molecule has 3 aromatic rings. The van der Waals surface area contributed by atoms with E-state index in [2.05, 4.69) is 49.4 Å². The van der Waals surface area contributed by atoms with Crippen molar-refractivity contribution >= 4 is 17.3 Å². The molecule has 0 aromatic carbocycles. The highest BCUT2D eigenvalue weighted by Crippen LogP contribution is 2.09. The van der Waals surface area contributed by atoms with E-state index in [0.29, 0.717) is 6.54 Å². The Balaban J connectivity index is 1.59. The number of aromatic nitrogens is 3. The van der Waals surface area contributed by atoms with Crippen LogP contribution in [0.4, 0.5) is 0 Å². The van der Waals surface area contributed by atoms with Crippen molar-refractivity contribution in [2.24, 2.45) is 4.99 Å². The van der Waals surface area contributed by atoms with Crippen LogP contribution in [0, 0.1) is 0 Å². The molecule has 0 atom stereocenters. The second kappa shape index (κ2) is 9.91. The smallest absolute Gasteiger partial charge is 0.194 e. The fraction of sp³-hybridized carbons (Fsp3) is 0.421. The third kappa shape index (κ3) is 5.68. The quantitative estimate of drug-likeness (QED) is 0.452. The second-order valence-electron chi connectivity index (χ2n) is 6.19. The van der Waals surface area contributed by atoms with Crippen LogP contribution in [0.15, 0.2) is 51.6 Å². The van der Waals surface area contributed by atoms with Crippen LogP contribution in [0.5, 0.6) is 0 Å². The zero-order valence-corrected chi connectivity index (χ0v) is 16.7. The maximum atomic E-state index is 5.47. The molecular formula is C19H26N6OS. The van der Waals surface area contributed by atoms with Gasteiger partial charge in [0.25, 0.3) is 0 Å². The van der Waals surface area contributed by atoms with Crippen LogP contribution >= 0.6 is 11.3 Å². The third-order valence-corrected chi connectivity index (χ3v) is 5.12. The Morgan fingerprint density at radius 3 is 3.04 bits per heavy atom. The van der Waals surface area contributed by atoms with Gasteiger partial charge in [-0.05, 0) is 23.6 Å². The minimum absolute atomic E-state index is 0.671. The molecule has 0 bridgehead atoms. The maximum Gasteiger partial charge on any atom is 0.194 e.